The molecule has 3 heteroatoms. The Morgan fingerprint density at radius 2 is 2.08 bits per heavy atom. The molecule has 1 N–H and O–H groups in total. The molecule has 2 atom stereocenters. The molecule has 2 unspecified atom stereocenters. The third-order valence-electron chi connectivity index (χ3n) is 3.42. The largest absolute Gasteiger partial charge is 0.481 e. The Labute approximate surface area is 78.7 Å². The van der Waals surface area contributed by atoms with Crippen LogP contribution in [-0.2, 0) is 4.79 Å². The van der Waals surface area contributed by atoms with Crippen molar-refractivity contribution in [3.05, 3.63) is 0 Å². The summed E-state index contributed by atoms with van der Waals surface area (Å²) >= 11 is 0. The standard InChI is InChI=1S/C10H17NO2/c12-10(13)7-8-3-1-4-9(8)11-5-2-6-11/h8-9H,1-7H2,(H,12,13). The minimum Gasteiger partial charge on any atom is -0.481 e. The average molecular weight is 183 g/mol. The number of hydrogen-bond acceptors (Lipinski definition) is 2. The van der Waals surface area contributed by atoms with Gasteiger partial charge in [-0.3, -0.25) is 9.69 Å². The monoisotopic (exact) mass is 183 g/mol. The van der Waals surface area contributed by atoms with Crippen molar-refractivity contribution in [2.45, 2.75) is 38.1 Å². The summed E-state index contributed by atoms with van der Waals surface area (Å²) in [5, 5.41) is 8.75. The van der Waals surface area contributed by atoms with Gasteiger partial charge in [-0.15, -0.1) is 0 Å². The molecule has 2 rings (SSSR count). The van der Waals surface area contributed by atoms with Crippen molar-refractivity contribution in [3.63, 3.8) is 0 Å². The first kappa shape index (κ1) is 9.00. The van der Waals surface area contributed by atoms with Crippen molar-refractivity contribution in [1.82, 2.24) is 4.90 Å². The molecule has 0 radical (unpaired) electrons. The van der Waals surface area contributed by atoms with Crippen LogP contribution in [-0.4, -0.2) is 35.1 Å². The zero-order chi connectivity index (χ0) is 9.26. The third-order valence-corrected chi connectivity index (χ3v) is 3.42. The van der Waals surface area contributed by atoms with Crippen LogP contribution in [0.15, 0.2) is 0 Å². The van der Waals surface area contributed by atoms with Crippen molar-refractivity contribution in [2.75, 3.05) is 13.1 Å². The fourth-order valence-electron chi connectivity index (χ4n) is 2.63. The third kappa shape index (κ3) is 1.85. The van der Waals surface area contributed by atoms with E-state index in [0.717, 1.165) is 6.42 Å². The molecule has 0 aromatic heterocycles. The van der Waals surface area contributed by atoms with E-state index in [9.17, 15) is 4.79 Å². The first-order chi connectivity index (χ1) is 6.27. The summed E-state index contributed by atoms with van der Waals surface area (Å²) in [6.07, 6.45) is 5.24. The topological polar surface area (TPSA) is 40.5 Å². The summed E-state index contributed by atoms with van der Waals surface area (Å²) < 4.78 is 0. The molecule has 0 bridgehead atoms. The second kappa shape index (κ2) is 3.66. The normalized spacial score (nSPS) is 34.5. The maximum atomic E-state index is 10.6. The first-order valence-electron chi connectivity index (χ1n) is 5.23. The van der Waals surface area contributed by atoms with E-state index in [4.69, 9.17) is 5.11 Å². The Hall–Kier alpha value is -0.570. The van der Waals surface area contributed by atoms with Crippen LogP contribution < -0.4 is 0 Å². The van der Waals surface area contributed by atoms with E-state index < -0.39 is 5.97 Å². The average Bonchev–Trinajstić information content (AvgIpc) is 2.32. The molecule has 2 fully saturated rings. The Bertz CT molecular complexity index is 201. The van der Waals surface area contributed by atoms with E-state index in [-0.39, 0.29) is 0 Å². The van der Waals surface area contributed by atoms with Gasteiger partial charge in [0, 0.05) is 12.5 Å². The summed E-state index contributed by atoms with van der Waals surface area (Å²) in [5.74, 6) is -0.199. The fraction of sp³-hybridized carbons (Fsp3) is 0.900. The quantitative estimate of drug-likeness (QED) is 0.717. The van der Waals surface area contributed by atoms with Gasteiger partial charge in [-0.25, -0.2) is 0 Å². The fourth-order valence-corrected chi connectivity index (χ4v) is 2.63. The molecule has 1 saturated heterocycles. The Kier molecular flexibility index (Phi) is 2.54. The Morgan fingerprint density at radius 3 is 2.62 bits per heavy atom. The summed E-state index contributed by atoms with van der Waals surface area (Å²) in [7, 11) is 0. The molecule has 0 spiro atoms. The van der Waals surface area contributed by atoms with Gasteiger partial charge in [0.05, 0.1) is 0 Å². The van der Waals surface area contributed by atoms with Gasteiger partial charge in [0.25, 0.3) is 0 Å². The molecule has 3 nitrogen and oxygen atoms in total. The highest BCUT2D eigenvalue weighted by molar-refractivity contribution is 5.67. The van der Waals surface area contributed by atoms with Gasteiger partial charge in [-0.1, -0.05) is 6.42 Å². The highest BCUT2D eigenvalue weighted by Gasteiger charge is 2.35. The molecular weight excluding hydrogens is 166 g/mol. The van der Waals surface area contributed by atoms with Crippen LogP contribution in [0.2, 0.25) is 0 Å². The molecule has 13 heavy (non-hydrogen) atoms. The van der Waals surface area contributed by atoms with E-state index in [1.54, 1.807) is 0 Å². The lowest BCUT2D eigenvalue weighted by atomic mass is 9.96. The van der Waals surface area contributed by atoms with Gasteiger partial charge in [0.2, 0.25) is 0 Å². The molecule has 1 aliphatic heterocycles. The van der Waals surface area contributed by atoms with E-state index in [1.807, 2.05) is 0 Å². The maximum Gasteiger partial charge on any atom is 0.303 e. The minimum absolute atomic E-state index is 0.376. The molecule has 2 aliphatic rings. The number of carboxylic acids is 1. The number of carbonyl (C=O) groups is 1. The van der Waals surface area contributed by atoms with Crippen LogP contribution in [0.4, 0.5) is 0 Å². The lowest BCUT2D eigenvalue weighted by Gasteiger charge is -2.39. The number of likely N-dealkylation sites (tertiary alicyclic amines) is 1. The van der Waals surface area contributed by atoms with Crippen LogP contribution in [0, 0.1) is 5.92 Å². The predicted molar refractivity (Wildman–Crippen MR) is 49.6 cm³/mol. The van der Waals surface area contributed by atoms with Gasteiger partial charge >= 0.3 is 5.97 Å². The summed E-state index contributed by atoms with van der Waals surface area (Å²) in [6, 6.07) is 0.588. The second-order valence-corrected chi connectivity index (χ2v) is 4.25. The van der Waals surface area contributed by atoms with Crippen molar-refractivity contribution >= 4 is 5.97 Å². The van der Waals surface area contributed by atoms with Crippen molar-refractivity contribution in [3.8, 4) is 0 Å². The molecule has 1 heterocycles. The molecule has 74 valence electrons. The van der Waals surface area contributed by atoms with Gasteiger partial charge in [-0.2, -0.15) is 0 Å². The Balaban J connectivity index is 1.89. The summed E-state index contributed by atoms with van der Waals surface area (Å²) in [6.45, 7) is 2.39. The summed E-state index contributed by atoms with van der Waals surface area (Å²) in [5.41, 5.74) is 0. The van der Waals surface area contributed by atoms with Crippen LogP contribution in [0.1, 0.15) is 32.1 Å². The lowest BCUT2D eigenvalue weighted by molar-refractivity contribution is -0.138. The lowest BCUT2D eigenvalue weighted by Crippen LogP contribution is -2.47. The second-order valence-electron chi connectivity index (χ2n) is 4.25. The number of rotatable bonds is 3. The van der Waals surface area contributed by atoms with Crippen LogP contribution in [0.5, 0.6) is 0 Å². The van der Waals surface area contributed by atoms with E-state index in [1.165, 1.54) is 32.4 Å². The Morgan fingerprint density at radius 1 is 1.31 bits per heavy atom. The van der Waals surface area contributed by atoms with Crippen molar-refractivity contribution in [2.24, 2.45) is 5.92 Å². The van der Waals surface area contributed by atoms with Gasteiger partial charge in [-0.05, 0) is 38.3 Å². The number of aliphatic carboxylic acids is 1. The van der Waals surface area contributed by atoms with E-state index >= 15 is 0 Å². The zero-order valence-corrected chi connectivity index (χ0v) is 7.91. The van der Waals surface area contributed by atoms with Gasteiger partial charge in [0.1, 0.15) is 0 Å². The van der Waals surface area contributed by atoms with E-state index in [2.05, 4.69) is 4.90 Å². The van der Waals surface area contributed by atoms with Crippen molar-refractivity contribution < 1.29 is 9.90 Å². The first-order valence-corrected chi connectivity index (χ1v) is 5.23. The molecular formula is C10H17NO2. The number of nitrogens with zero attached hydrogens (tertiary/aromatic N) is 1. The van der Waals surface area contributed by atoms with Crippen LogP contribution in [0.25, 0.3) is 0 Å². The molecule has 0 aromatic carbocycles. The molecule has 1 aliphatic carbocycles. The highest BCUT2D eigenvalue weighted by atomic mass is 16.4. The highest BCUT2D eigenvalue weighted by Crippen LogP contribution is 2.34. The van der Waals surface area contributed by atoms with Crippen molar-refractivity contribution in [1.29, 1.82) is 0 Å². The smallest absolute Gasteiger partial charge is 0.303 e. The zero-order valence-electron chi connectivity index (χ0n) is 7.91. The minimum atomic E-state index is -0.627. The van der Waals surface area contributed by atoms with Crippen LogP contribution in [0.3, 0.4) is 0 Å². The molecule has 0 aromatic rings. The number of hydrogen-bond donors (Lipinski definition) is 1. The van der Waals surface area contributed by atoms with Crippen LogP contribution >= 0.6 is 0 Å². The predicted octanol–water partition coefficient (Wildman–Crippen LogP) is 1.34. The molecule has 1 saturated carbocycles. The molecule has 0 amide bonds. The van der Waals surface area contributed by atoms with Gasteiger partial charge in [0.15, 0.2) is 0 Å². The maximum absolute atomic E-state index is 10.6. The summed E-state index contributed by atoms with van der Waals surface area (Å²) in [4.78, 5) is 13.1. The van der Waals surface area contributed by atoms with Gasteiger partial charge < -0.3 is 5.11 Å². The van der Waals surface area contributed by atoms with E-state index in [0.29, 0.717) is 18.4 Å². The number of carboxylic acid groups (broad SMARTS) is 1. The SMILES string of the molecule is O=C(O)CC1CCCC1N1CCC1.